The Morgan fingerprint density at radius 3 is 2.60 bits per heavy atom. The lowest BCUT2D eigenvalue weighted by atomic mass is 10.1. The van der Waals surface area contributed by atoms with Crippen molar-refractivity contribution >= 4 is 11.8 Å². The Kier molecular flexibility index (Phi) is 5.60. The number of methoxy groups -OCH3 is 1. The first-order valence-electron chi connectivity index (χ1n) is 8.02. The lowest BCUT2D eigenvalue weighted by molar-refractivity contribution is 0.340. The Morgan fingerprint density at radius 2 is 1.88 bits per heavy atom. The molecule has 130 valence electrons. The number of aromatic nitrogens is 2. The highest BCUT2D eigenvalue weighted by atomic mass is 32.2. The number of ether oxygens (including phenoxy) is 2. The highest BCUT2D eigenvalue weighted by molar-refractivity contribution is 7.98. The second kappa shape index (κ2) is 8.07. The van der Waals surface area contributed by atoms with Crippen LogP contribution in [0.3, 0.4) is 0 Å². The molecule has 0 N–H and O–H groups in total. The molecule has 0 aliphatic carbocycles. The number of benzene rings is 2. The molecule has 25 heavy (non-hydrogen) atoms. The molecular weight excluding hydrogens is 336 g/mol. The fraction of sp³-hybridized carbons (Fsp3) is 0.263. The number of thioether (sulfide) groups is 1. The van der Waals surface area contributed by atoms with Gasteiger partial charge in [-0.2, -0.15) is 0 Å². The summed E-state index contributed by atoms with van der Waals surface area (Å²) in [5, 5.41) is 8.78. The van der Waals surface area contributed by atoms with Crippen molar-refractivity contribution in [1.82, 2.24) is 10.2 Å². The first-order chi connectivity index (χ1) is 12.2. The van der Waals surface area contributed by atoms with E-state index in [-0.39, 0.29) is 0 Å². The Bertz CT molecular complexity index is 831. The lowest BCUT2D eigenvalue weighted by Crippen LogP contribution is -1.91. The van der Waals surface area contributed by atoms with E-state index in [0.717, 1.165) is 22.6 Å². The van der Waals surface area contributed by atoms with Crippen LogP contribution in [-0.2, 0) is 5.75 Å². The minimum atomic E-state index is 0.502. The molecule has 0 spiro atoms. The second-order valence-electron chi connectivity index (χ2n) is 5.43. The maximum Gasteiger partial charge on any atom is 0.277 e. The molecule has 0 amide bonds. The smallest absolute Gasteiger partial charge is 0.277 e. The molecule has 0 aliphatic heterocycles. The van der Waals surface area contributed by atoms with Crippen LogP contribution < -0.4 is 9.47 Å². The molecule has 1 heterocycles. The zero-order valence-electron chi connectivity index (χ0n) is 14.5. The van der Waals surface area contributed by atoms with Crippen molar-refractivity contribution in [2.45, 2.75) is 24.8 Å². The van der Waals surface area contributed by atoms with Gasteiger partial charge in [-0.3, -0.25) is 0 Å². The van der Waals surface area contributed by atoms with E-state index >= 15 is 0 Å². The van der Waals surface area contributed by atoms with Gasteiger partial charge in [0.15, 0.2) is 0 Å². The van der Waals surface area contributed by atoms with Crippen LogP contribution >= 0.6 is 11.8 Å². The number of nitrogens with zero attached hydrogens (tertiary/aromatic N) is 2. The first-order valence-corrected chi connectivity index (χ1v) is 9.01. The summed E-state index contributed by atoms with van der Waals surface area (Å²) in [6, 6.07) is 13.7. The SMILES string of the molecule is CCOc1ccc(-c2nnc(SCc3cc(C)ccc3OC)o2)cc1. The number of hydrogen-bond donors (Lipinski definition) is 0. The van der Waals surface area contributed by atoms with Crippen LogP contribution in [0, 0.1) is 6.92 Å². The molecule has 0 radical (unpaired) electrons. The third kappa shape index (κ3) is 4.33. The topological polar surface area (TPSA) is 57.4 Å². The number of aryl methyl sites for hydroxylation is 1. The Labute approximate surface area is 151 Å². The van der Waals surface area contributed by atoms with E-state index in [9.17, 15) is 0 Å². The number of hydrogen-bond acceptors (Lipinski definition) is 6. The van der Waals surface area contributed by atoms with Gasteiger partial charge >= 0.3 is 0 Å². The largest absolute Gasteiger partial charge is 0.496 e. The van der Waals surface area contributed by atoms with Crippen LogP contribution in [0.25, 0.3) is 11.5 Å². The van der Waals surface area contributed by atoms with Gasteiger partial charge in [-0.05, 0) is 44.2 Å². The molecule has 0 saturated heterocycles. The molecule has 5 nitrogen and oxygen atoms in total. The van der Waals surface area contributed by atoms with E-state index in [1.807, 2.05) is 43.3 Å². The summed E-state index contributed by atoms with van der Waals surface area (Å²) in [6.07, 6.45) is 0. The van der Waals surface area contributed by atoms with Gasteiger partial charge < -0.3 is 13.9 Å². The van der Waals surface area contributed by atoms with Gasteiger partial charge in [-0.25, -0.2) is 0 Å². The normalized spacial score (nSPS) is 10.7. The van der Waals surface area contributed by atoms with Crippen molar-refractivity contribution in [3.05, 3.63) is 53.6 Å². The minimum absolute atomic E-state index is 0.502. The predicted octanol–water partition coefficient (Wildman–Crippen LogP) is 4.74. The summed E-state index contributed by atoms with van der Waals surface area (Å²) in [7, 11) is 1.68. The summed E-state index contributed by atoms with van der Waals surface area (Å²) in [6.45, 7) is 4.66. The van der Waals surface area contributed by atoms with Crippen molar-refractivity contribution in [3.8, 4) is 23.0 Å². The van der Waals surface area contributed by atoms with E-state index < -0.39 is 0 Å². The van der Waals surface area contributed by atoms with Gasteiger partial charge in [0.05, 0.1) is 13.7 Å². The van der Waals surface area contributed by atoms with Crippen LogP contribution in [-0.4, -0.2) is 23.9 Å². The molecule has 0 atom stereocenters. The summed E-state index contributed by atoms with van der Waals surface area (Å²) < 4.78 is 16.6. The van der Waals surface area contributed by atoms with Gasteiger partial charge in [0.1, 0.15) is 11.5 Å². The van der Waals surface area contributed by atoms with Gasteiger partial charge in [-0.15, -0.1) is 10.2 Å². The number of rotatable bonds is 7. The zero-order valence-corrected chi connectivity index (χ0v) is 15.3. The van der Waals surface area contributed by atoms with Gasteiger partial charge in [0, 0.05) is 16.9 Å². The molecule has 2 aromatic carbocycles. The average molecular weight is 356 g/mol. The zero-order chi connectivity index (χ0) is 17.6. The van der Waals surface area contributed by atoms with Crippen molar-refractivity contribution in [2.24, 2.45) is 0 Å². The molecule has 0 fully saturated rings. The van der Waals surface area contributed by atoms with Crippen LogP contribution in [0.4, 0.5) is 0 Å². The standard InChI is InChI=1S/C19H20N2O3S/c1-4-23-16-8-6-14(7-9-16)18-20-21-19(24-18)25-12-15-11-13(2)5-10-17(15)22-3/h5-11H,4,12H2,1-3H3. The fourth-order valence-electron chi connectivity index (χ4n) is 2.40. The Balaban J connectivity index is 1.68. The summed E-state index contributed by atoms with van der Waals surface area (Å²) in [4.78, 5) is 0. The molecule has 3 rings (SSSR count). The van der Waals surface area contributed by atoms with E-state index in [2.05, 4.69) is 23.2 Å². The second-order valence-corrected chi connectivity index (χ2v) is 6.36. The van der Waals surface area contributed by atoms with Crippen LogP contribution in [0.1, 0.15) is 18.1 Å². The van der Waals surface area contributed by atoms with E-state index in [0.29, 0.717) is 23.5 Å². The van der Waals surface area contributed by atoms with Crippen molar-refractivity contribution in [3.63, 3.8) is 0 Å². The van der Waals surface area contributed by atoms with E-state index in [1.54, 1.807) is 7.11 Å². The quantitative estimate of drug-likeness (QED) is 0.570. The maximum absolute atomic E-state index is 5.75. The van der Waals surface area contributed by atoms with E-state index in [1.165, 1.54) is 17.3 Å². The van der Waals surface area contributed by atoms with Gasteiger partial charge in [-0.1, -0.05) is 29.5 Å². The monoisotopic (exact) mass is 356 g/mol. The predicted molar refractivity (Wildman–Crippen MR) is 98.2 cm³/mol. The summed E-state index contributed by atoms with van der Waals surface area (Å²) >= 11 is 1.49. The van der Waals surface area contributed by atoms with Gasteiger partial charge in [0.2, 0.25) is 5.89 Å². The summed E-state index contributed by atoms with van der Waals surface area (Å²) in [5.41, 5.74) is 3.17. The molecule has 1 aromatic heterocycles. The Hall–Kier alpha value is -2.47. The Morgan fingerprint density at radius 1 is 1.08 bits per heavy atom. The maximum atomic E-state index is 5.75. The minimum Gasteiger partial charge on any atom is -0.496 e. The third-order valence-corrected chi connectivity index (χ3v) is 4.47. The summed E-state index contributed by atoms with van der Waals surface area (Å²) in [5.74, 6) is 2.90. The van der Waals surface area contributed by atoms with Crippen LogP contribution in [0.5, 0.6) is 11.5 Å². The molecule has 0 aliphatic rings. The molecule has 3 aromatic rings. The highest BCUT2D eigenvalue weighted by Crippen LogP contribution is 2.30. The first kappa shape index (κ1) is 17.4. The van der Waals surface area contributed by atoms with Crippen molar-refractivity contribution in [2.75, 3.05) is 13.7 Å². The molecule has 0 bridgehead atoms. The third-order valence-electron chi connectivity index (χ3n) is 3.61. The molecule has 0 saturated carbocycles. The van der Waals surface area contributed by atoms with E-state index in [4.69, 9.17) is 13.9 Å². The molecular formula is C19H20N2O3S. The average Bonchev–Trinajstić information content (AvgIpc) is 3.10. The fourth-order valence-corrected chi connectivity index (χ4v) is 3.15. The van der Waals surface area contributed by atoms with Crippen molar-refractivity contribution in [1.29, 1.82) is 0 Å². The van der Waals surface area contributed by atoms with Crippen LogP contribution in [0.2, 0.25) is 0 Å². The van der Waals surface area contributed by atoms with Crippen LogP contribution in [0.15, 0.2) is 52.1 Å². The van der Waals surface area contributed by atoms with Gasteiger partial charge in [0.25, 0.3) is 5.22 Å². The molecule has 6 heteroatoms. The molecule has 0 unspecified atom stereocenters. The lowest BCUT2D eigenvalue weighted by Gasteiger charge is -2.07. The highest BCUT2D eigenvalue weighted by Gasteiger charge is 2.11. The van der Waals surface area contributed by atoms with Crippen molar-refractivity contribution < 1.29 is 13.9 Å².